The lowest BCUT2D eigenvalue weighted by Crippen LogP contribution is -2.28. The minimum atomic E-state index is -3.73. The molecule has 0 radical (unpaired) electrons. The van der Waals surface area contributed by atoms with E-state index in [0.29, 0.717) is 17.7 Å². The van der Waals surface area contributed by atoms with Crippen LogP contribution in [0.2, 0.25) is 0 Å². The van der Waals surface area contributed by atoms with Crippen molar-refractivity contribution in [2.24, 2.45) is 0 Å². The first kappa shape index (κ1) is 20.6. The summed E-state index contributed by atoms with van der Waals surface area (Å²) in [6, 6.07) is 11.8. The summed E-state index contributed by atoms with van der Waals surface area (Å²) in [5.41, 5.74) is 1.64. The van der Waals surface area contributed by atoms with Crippen LogP contribution in [0.1, 0.15) is 38.3 Å². The molecule has 150 valence electrons. The van der Waals surface area contributed by atoms with E-state index in [1.54, 1.807) is 29.9 Å². The van der Waals surface area contributed by atoms with Gasteiger partial charge in [0.05, 0.1) is 22.2 Å². The van der Waals surface area contributed by atoms with Gasteiger partial charge in [-0.3, -0.25) is 9.36 Å². The van der Waals surface area contributed by atoms with Crippen molar-refractivity contribution in [1.29, 1.82) is 0 Å². The number of hydrogen-bond acceptors (Lipinski definition) is 5. The van der Waals surface area contributed by atoms with Crippen molar-refractivity contribution < 1.29 is 13.2 Å². The van der Waals surface area contributed by atoms with Crippen LogP contribution >= 0.6 is 11.3 Å². The van der Waals surface area contributed by atoms with Gasteiger partial charge >= 0.3 is 4.87 Å². The summed E-state index contributed by atoms with van der Waals surface area (Å²) in [4.78, 5) is 12.3. The molecule has 3 rings (SSSR count). The largest absolute Gasteiger partial charge is 0.497 e. The molecule has 0 amide bonds. The van der Waals surface area contributed by atoms with Gasteiger partial charge in [0, 0.05) is 12.6 Å². The monoisotopic (exact) mass is 420 g/mol. The zero-order valence-corrected chi connectivity index (χ0v) is 17.8. The molecular formula is C20H24N2O4S2. The smallest absolute Gasteiger partial charge is 0.308 e. The van der Waals surface area contributed by atoms with E-state index in [2.05, 4.69) is 4.72 Å². The first-order chi connectivity index (χ1) is 13.4. The summed E-state index contributed by atoms with van der Waals surface area (Å²) in [5.74, 6) is 0.721. The van der Waals surface area contributed by atoms with Gasteiger partial charge in [0.25, 0.3) is 0 Å². The van der Waals surface area contributed by atoms with Crippen molar-refractivity contribution in [1.82, 2.24) is 9.29 Å². The third kappa shape index (κ3) is 4.14. The summed E-state index contributed by atoms with van der Waals surface area (Å²) >= 11 is 1.08. The minimum absolute atomic E-state index is 0.0657. The lowest BCUT2D eigenvalue weighted by atomic mass is 10.1. The average Bonchev–Trinajstić information content (AvgIpc) is 3.01. The highest BCUT2D eigenvalue weighted by molar-refractivity contribution is 7.89. The fourth-order valence-electron chi connectivity index (χ4n) is 3.13. The molecule has 2 aromatic carbocycles. The van der Waals surface area contributed by atoms with E-state index in [1.165, 1.54) is 0 Å². The molecule has 0 bridgehead atoms. The number of aromatic nitrogens is 1. The summed E-state index contributed by atoms with van der Waals surface area (Å²) in [5, 5.41) is 0. The Hall–Kier alpha value is -2.16. The fraction of sp³-hybridized carbons (Fsp3) is 0.350. The van der Waals surface area contributed by atoms with Crippen LogP contribution in [0.25, 0.3) is 10.2 Å². The summed E-state index contributed by atoms with van der Waals surface area (Å²) in [6.45, 7) is 4.55. The number of rotatable bonds is 8. The predicted octanol–water partition coefficient (Wildman–Crippen LogP) is 3.91. The number of nitrogens with one attached hydrogen (secondary N) is 1. The third-order valence-corrected chi connectivity index (χ3v) is 7.03. The molecule has 0 aliphatic rings. The Morgan fingerprint density at radius 2 is 1.86 bits per heavy atom. The number of aryl methyl sites for hydroxylation is 1. The molecular weight excluding hydrogens is 396 g/mol. The van der Waals surface area contributed by atoms with Crippen LogP contribution in [-0.2, 0) is 16.6 Å². The van der Waals surface area contributed by atoms with Crippen LogP contribution in [-0.4, -0.2) is 20.1 Å². The molecule has 0 fully saturated rings. The summed E-state index contributed by atoms with van der Waals surface area (Å²) in [6.07, 6.45) is 1.45. The number of sulfonamides is 1. The molecule has 0 aliphatic carbocycles. The first-order valence-electron chi connectivity index (χ1n) is 9.19. The van der Waals surface area contributed by atoms with Crippen molar-refractivity contribution >= 4 is 31.6 Å². The van der Waals surface area contributed by atoms with Gasteiger partial charge in [0.1, 0.15) is 5.75 Å². The summed E-state index contributed by atoms with van der Waals surface area (Å²) < 4.78 is 36.2. The molecule has 1 aromatic heterocycles. The zero-order chi connectivity index (χ0) is 20.3. The van der Waals surface area contributed by atoms with Gasteiger partial charge in [-0.05, 0) is 48.7 Å². The number of fused-ring (bicyclic) bond motifs is 1. The van der Waals surface area contributed by atoms with Crippen LogP contribution < -0.4 is 14.3 Å². The molecule has 8 heteroatoms. The predicted molar refractivity (Wildman–Crippen MR) is 113 cm³/mol. The number of hydrogen-bond donors (Lipinski definition) is 1. The van der Waals surface area contributed by atoms with E-state index in [-0.39, 0.29) is 15.8 Å². The van der Waals surface area contributed by atoms with Crippen molar-refractivity contribution in [2.75, 3.05) is 7.11 Å². The zero-order valence-electron chi connectivity index (χ0n) is 16.1. The Morgan fingerprint density at radius 3 is 2.46 bits per heavy atom. The normalized spacial score (nSPS) is 13.0. The minimum Gasteiger partial charge on any atom is -0.497 e. The van der Waals surface area contributed by atoms with Gasteiger partial charge in [-0.15, -0.1) is 0 Å². The Bertz CT molecular complexity index is 1120. The maximum atomic E-state index is 12.9. The topological polar surface area (TPSA) is 77.4 Å². The first-order valence-corrected chi connectivity index (χ1v) is 11.5. The molecule has 1 atom stereocenters. The number of benzene rings is 2. The maximum Gasteiger partial charge on any atom is 0.308 e. The molecule has 0 saturated heterocycles. The van der Waals surface area contributed by atoms with Crippen LogP contribution in [0, 0.1) is 0 Å². The molecule has 28 heavy (non-hydrogen) atoms. The standard InChI is InChI=1S/C20H24N2O4S2/c1-4-12-22-18-11-10-16(13-19(18)27-20(22)23)28(24,25)21-17(5-2)14-6-8-15(26-3)9-7-14/h6-11,13,17,21H,4-5,12H2,1-3H3/t17-/m1/s1. The highest BCUT2D eigenvalue weighted by Gasteiger charge is 2.21. The molecule has 1 N–H and O–H groups in total. The Labute approximate surface area is 168 Å². The third-order valence-electron chi connectivity index (χ3n) is 4.62. The average molecular weight is 421 g/mol. The van der Waals surface area contributed by atoms with E-state index in [9.17, 15) is 13.2 Å². The number of nitrogens with zero attached hydrogens (tertiary/aromatic N) is 1. The van der Waals surface area contributed by atoms with Crippen molar-refractivity contribution in [3.05, 3.63) is 57.7 Å². The second kappa shape index (κ2) is 8.46. The van der Waals surface area contributed by atoms with E-state index in [0.717, 1.165) is 34.6 Å². The molecule has 3 aromatic rings. The number of thiazole rings is 1. The molecule has 0 saturated carbocycles. The van der Waals surface area contributed by atoms with E-state index in [1.807, 2.05) is 38.1 Å². The lowest BCUT2D eigenvalue weighted by Gasteiger charge is -2.18. The highest BCUT2D eigenvalue weighted by atomic mass is 32.2. The van der Waals surface area contributed by atoms with Crippen molar-refractivity contribution in [2.45, 2.75) is 44.2 Å². The van der Waals surface area contributed by atoms with Crippen molar-refractivity contribution in [3.63, 3.8) is 0 Å². The quantitative estimate of drug-likeness (QED) is 0.599. The van der Waals surface area contributed by atoms with E-state index >= 15 is 0 Å². The van der Waals surface area contributed by atoms with Crippen LogP contribution in [0.3, 0.4) is 0 Å². The lowest BCUT2D eigenvalue weighted by molar-refractivity contribution is 0.414. The molecule has 1 heterocycles. The Balaban J connectivity index is 1.91. The van der Waals surface area contributed by atoms with E-state index in [4.69, 9.17) is 4.74 Å². The van der Waals surface area contributed by atoms with Gasteiger partial charge in [0.15, 0.2) is 0 Å². The van der Waals surface area contributed by atoms with Gasteiger partial charge < -0.3 is 4.74 Å². The van der Waals surface area contributed by atoms with Crippen molar-refractivity contribution in [3.8, 4) is 5.75 Å². The molecule has 6 nitrogen and oxygen atoms in total. The number of ether oxygens (including phenoxy) is 1. The number of methoxy groups -OCH3 is 1. The SMILES string of the molecule is CCCn1c(=O)sc2cc(S(=O)(=O)N[C@H](CC)c3ccc(OC)cc3)ccc21. The van der Waals surface area contributed by atoms with Crippen LogP contribution in [0.5, 0.6) is 5.75 Å². The second-order valence-electron chi connectivity index (χ2n) is 6.50. The fourth-order valence-corrected chi connectivity index (χ4v) is 5.49. The van der Waals surface area contributed by atoms with Gasteiger partial charge in [-0.1, -0.05) is 37.3 Å². The Morgan fingerprint density at radius 1 is 1.14 bits per heavy atom. The summed E-state index contributed by atoms with van der Waals surface area (Å²) in [7, 11) is -2.14. The van der Waals surface area contributed by atoms with Gasteiger partial charge in [0.2, 0.25) is 10.0 Å². The Kier molecular flexibility index (Phi) is 6.22. The molecule has 0 unspecified atom stereocenters. The van der Waals surface area contributed by atoms with Crippen LogP contribution in [0.15, 0.2) is 52.2 Å². The highest BCUT2D eigenvalue weighted by Crippen LogP contribution is 2.25. The molecule has 0 aliphatic heterocycles. The van der Waals surface area contributed by atoms with Crippen LogP contribution in [0.4, 0.5) is 0 Å². The van der Waals surface area contributed by atoms with Gasteiger partial charge in [-0.2, -0.15) is 0 Å². The maximum absolute atomic E-state index is 12.9. The van der Waals surface area contributed by atoms with E-state index < -0.39 is 10.0 Å². The van der Waals surface area contributed by atoms with Gasteiger partial charge in [-0.25, -0.2) is 13.1 Å². The second-order valence-corrected chi connectivity index (χ2v) is 9.21. The molecule has 0 spiro atoms.